The molecule has 0 radical (unpaired) electrons. The van der Waals surface area contributed by atoms with Crippen molar-refractivity contribution in [2.45, 2.75) is 32.3 Å². The highest BCUT2D eigenvalue weighted by Crippen LogP contribution is 2.18. The van der Waals surface area contributed by atoms with E-state index in [2.05, 4.69) is 39.8 Å². The summed E-state index contributed by atoms with van der Waals surface area (Å²) in [7, 11) is -1.05. The Labute approximate surface area is 112 Å². The van der Waals surface area contributed by atoms with Gasteiger partial charge in [-0.25, -0.2) is 9.97 Å². The van der Waals surface area contributed by atoms with Crippen LogP contribution in [0.3, 0.4) is 0 Å². The fourth-order valence-corrected chi connectivity index (χ4v) is 2.44. The zero-order chi connectivity index (χ0) is 13.2. The molecule has 0 aromatic carbocycles. The van der Waals surface area contributed by atoms with Crippen LogP contribution in [0.1, 0.15) is 5.82 Å². The Bertz CT molecular complexity index is 537. The minimum atomic E-state index is -1.05. The number of ether oxygens (including phenoxy) is 1. The summed E-state index contributed by atoms with van der Waals surface area (Å²) in [4.78, 5) is 8.49. The molecule has 0 aliphatic carbocycles. The molecule has 0 unspecified atom stereocenters. The maximum absolute atomic E-state index is 6.03. The maximum atomic E-state index is 6.03. The molecule has 0 saturated carbocycles. The number of hydrogen-bond acceptors (Lipinski definition) is 4. The van der Waals surface area contributed by atoms with Crippen molar-refractivity contribution >= 4 is 30.7 Å². The second-order valence-electron chi connectivity index (χ2n) is 5.43. The molecule has 0 amide bonds. The fraction of sp³-hybridized carbons (Fsp3) is 0.545. The first kappa shape index (κ1) is 13.4. The average molecular weight is 285 g/mol. The van der Waals surface area contributed by atoms with Crippen molar-refractivity contribution < 1.29 is 4.74 Å². The smallest absolute Gasteiger partial charge is 0.160 e. The molecule has 2 aromatic heterocycles. The standard InChI is InChI=1S/C11H17ClN4OSi/c1-18(2,3)5-4-17-7-9-14-10(12)8-6-13-16-11(8)15-9/h6H,4-5,7H2,1-3H3,(H,13,14,15,16). The van der Waals surface area contributed by atoms with Gasteiger partial charge in [-0.3, -0.25) is 5.10 Å². The van der Waals surface area contributed by atoms with Gasteiger partial charge in [0.05, 0.1) is 11.6 Å². The number of hydrogen-bond donors (Lipinski definition) is 1. The Kier molecular flexibility index (Phi) is 3.99. The van der Waals surface area contributed by atoms with Crippen molar-refractivity contribution in [3.63, 3.8) is 0 Å². The highest BCUT2D eigenvalue weighted by Gasteiger charge is 2.13. The predicted molar refractivity (Wildman–Crippen MR) is 74.5 cm³/mol. The van der Waals surface area contributed by atoms with Gasteiger partial charge in [0.15, 0.2) is 11.5 Å². The van der Waals surface area contributed by atoms with E-state index < -0.39 is 8.07 Å². The summed E-state index contributed by atoms with van der Waals surface area (Å²) in [6.45, 7) is 8.10. The first-order chi connectivity index (χ1) is 8.46. The normalized spacial score (nSPS) is 12.2. The van der Waals surface area contributed by atoms with Crippen LogP contribution in [0.25, 0.3) is 11.0 Å². The van der Waals surface area contributed by atoms with E-state index in [4.69, 9.17) is 16.3 Å². The molecule has 18 heavy (non-hydrogen) atoms. The summed E-state index contributed by atoms with van der Waals surface area (Å²) in [6, 6.07) is 1.13. The first-order valence-electron chi connectivity index (χ1n) is 5.89. The van der Waals surface area contributed by atoms with Crippen LogP contribution in [0.5, 0.6) is 0 Å². The summed E-state index contributed by atoms with van der Waals surface area (Å²) in [5, 5.41) is 7.82. The third kappa shape index (κ3) is 3.50. The Morgan fingerprint density at radius 2 is 2.11 bits per heavy atom. The van der Waals surface area contributed by atoms with Gasteiger partial charge < -0.3 is 4.74 Å². The lowest BCUT2D eigenvalue weighted by Crippen LogP contribution is -2.21. The van der Waals surface area contributed by atoms with Gasteiger partial charge in [0.25, 0.3) is 0 Å². The van der Waals surface area contributed by atoms with E-state index in [-0.39, 0.29) is 0 Å². The van der Waals surface area contributed by atoms with Gasteiger partial charge >= 0.3 is 0 Å². The maximum Gasteiger partial charge on any atom is 0.160 e. The van der Waals surface area contributed by atoms with E-state index in [0.717, 1.165) is 18.0 Å². The number of nitrogens with zero attached hydrogens (tertiary/aromatic N) is 3. The molecule has 2 rings (SSSR count). The van der Waals surface area contributed by atoms with E-state index in [0.29, 0.717) is 23.2 Å². The highest BCUT2D eigenvalue weighted by atomic mass is 35.5. The fourth-order valence-electron chi connectivity index (χ4n) is 1.45. The van der Waals surface area contributed by atoms with Gasteiger partial charge in [0.2, 0.25) is 0 Å². The molecule has 0 fully saturated rings. The van der Waals surface area contributed by atoms with Gasteiger partial charge in [-0.1, -0.05) is 31.2 Å². The van der Waals surface area contributed by atoms with Crippen LogP contribution in [0, 0.1) is 0 Å². The summed E-state index contributed by atoms with van der Waals surface area (Å²) < 4.78 is 5.59. The van der Waals surface area contributed by atoms with Crippen molar-refractivity contribution in [3.05, 3.63) is 17.2 Å². The summed E-state index contributed by atoms with van der Waals surface area (Å²) in [6.07, 6.45) is 1.62. The largest absolute Gasteiger partial charge is 0.374 e. The van der Waals surface area contributed by atoms with Gasteiger partial charge in [-0.15, -0.1) is 0 Å². The summed E-state index contributed by atoms with van der Waals surface area (Å²) in [5.74, 6) is 0.590. The zero-order valence-corrected chi connectivity index (χ0v) is 12.6. The lowest BCUT2D eigenvalue weighted by molar-refractivity contribution is 0.127. The van der Waals surface area contributed by atoms with Crippen LogP contribution in [0.4, 0.5) is 0 Å². The monoisotopic (exact) mass is 284 g/mol. The van der Waals surface area contributed by atoms with Crippen LogP contribution < -0.4 is 0 Å². The Morgan fingerprint density at radius 3 is 2.83 bits per heavy atom. The molecule has 0 aliphatic rings. The number of aromatic amines is 1. The molecule has 0 saturated heterocycles. The molecule has 2 heterocycles. The number of nitrogens with one attached hydrogen (secondary N) is 1. The topological polar surface area (TPSA) is 63.7 Å². The molecular formula is C11H17ClN4OSi. The molecule has 5 nitrogen and oxygen atoms in total. The SMILES string of the molecule is C[Si](C)(C)CCOCc1nc(Cl)c2cn[nH]c2n1. The zero-order valence-electron chi connectivity index (χ0n) is 10.8. The molecule has 0 spiro atoms. The number of H-pyrrole nitrogens is 1. The van der Waals surface area contributed by atoms with Crippen molar-refractivity contribution in [2.75, 3.05) is 6.61 Å². The van der Waals surface area contributed by atoms with Crippen molar-refractivity contribution in [1.82, 2.24) is 20.2 Å². The minimum absolute atomic E-state index is 0.388. The number of rotatable bonds is 5. The molecule has 7 heteroatoms. The third-order valence-corrected chi connectivity index (χ3v) is 4.53. The molecule has 0 aliphatic heterocycles. The highest BCUT2D eigenvalue weighted by molar-refractivity contribution is 6.76. The molecule has 0 bridgehead atoms. The summed E-state index contributed by atoms with van der Waals surface area (Å²) in [5.41, 5.74) is 0.652. The summed E-state index contributed by atoms with van der Waals surface area (Å²) >= 11 is 6.03. The molecule has 0 atom stereocenters. The van der Waals surface area contributed by atoms with Crippen molar-refractivity contribution in [1.29, 1.82) is 0 Å². The van der Waals surface area contributed by atoms with Crippen molar-refractivity contribution in [2.24, 2.45) is 0 Å². The second kappa shape index (κ2) is 5.34. The Morgan fingerprint density at radius 1 is 1.33 bits per heavy atom. The lowest BCUT2D eigenvalue weighted by Gasteiger charge is -2.15. The quantitative estimate of drug-likeness (QED) is 0.521. The average Bonchev–Trinajstić information content (AvgIpc) is 2.71. The van der Waals surface area contributed by atoms with Gasteiger partial charge in [-0.05, 0) is 6.04 Å². The van der Waals surface area contributed by atoms with Crippen LogP contribution in [-0.4, -0.2) is 34.8 Å². The van der Waals surface area contributed by atoms with E-state index in [1.807, 2.05) is 0 Å². The Balaban J connectivity index is 1.95. The van der Waals surface area contributed by atoms with E-state index in [1.165, 1.54) is 0 Å². The van der Waals surface area contributed by atoms with Crippen LogP contribution in [0.2, 0.25) is 30.8 Å². The van der Waals surface area contributed by atoms with E-state index in [1.54, 1.807) is 6.20 Å². The minimum Gasteiger partial charge on any atom is -0.374 e. The number of halogens is 1. The van der Waals surface area contributed by atoms with Gasteiger partial charge in [0, 0.05) is 14.7 Å². The van der Waals surface area contributed by atoms with Crippen LogP contribution in [0.15, 0.2) is 6.20 Å². The third-order valence-electron chi connectivity index (χ3n) is 2.54. The van der Waals surface area contributed by atoms with Crippen molar-refractivity contribution in [3.8, 4) is 0 Å². The number of aromatic nitrogens is 4. The molecule has 1 N–H and O–H groups in total. The van der Waals surface area contributed by atoms with Gasteiger partial charge in [-0.2, -0.15) is 5.10 Å². The second-order valence-corrected chi connectivity index (χ2v) is 11.4. The lowest BCUT2D eigenvalue weighted by atomic mass is 10.4. The molecular weight excluding hydrogens is 268 g/mol. The predicted octanol–water partition coefficient (Wildman–Crippen LogP) is 2.86. The first-order valence-corrected chi connectivity index (χ1v) is 9.97. The molecule has 2 aromatic rings. The molecule has 98 valence electrons. The van der Waals surface area contributed by atoms with Crippen LogP contribution in [-0.2, 0) is 11.3 Å². The Hall–Kier alpha value is -0.983. The van der Waals surface area contributed by atoms with Crippen LogP contribution >= 0.6 is 11.6 Å². The number of fused-ring (bicyclic) bond motifs is 1. The van der Waals surface area contributed by atoms with Gasteiger partial charge in [0.1, 0.15) is 11.8 Å². The van der Waals surface area contributed by atoms with E-state index >= 15 is 0 Å². The van der Waals surface area contributed by atoms with E-state index in [9.17, 15) is 0 Å².